The molecule has 5 rings (SSSR count). The molecule has 1 aromatic heterocycles. The van der Waals surface area contributed by atoms with Gasteiger partial charge in [-0.1, -0.05) is 36.4 Å². The van der Waals surface area contributed by atoms with Crippen LogP contribution in [-0.4, -0.2) is 35.2 Å². The lowest BCUT2D eigenvalue weighted by Crippen LogP contribution is -2.40. The predicted molar refractivity (Wildman–Crippen MR) is 131 cm³/mol. The second-order valence-electron chi connectivity index (χ2n) is 9.52. The number of fused-ring (bicyclic) bond motifs is 1. The number of sulfone groups is 1. The van der Waals surface area contributed by atoms with Gasteiger partial charge in [-0.3, -0.25) is 4.79 Å². The molecule has 2 atom stereocenters. The van der Waals surface area contributed by atoms with Crippen molar-refractivity contribution < 1.29 is 13.2 Å². The van der Waals surface area contributed by atoms with Crippen molar-refractivity contribution in [3.05, 3.63) is 77.4 Å². The molecule has 0 saturated heterocycles. The minimum atomic E-state index is -3.45. The molecule has 1 aromatic carbocycles. The van der Waals surface area contributed by atoms with E-state index in [-0.39, 0.29) is 22.9 Å². The van der Waals surface area contributed by atoms with Crippen LogP contribution in [0.15, 0.2) is 71.1 Å². The average molecular weight is 479 g/mol. The number of imidazole rings is 1. The molecule has 2 heterocycles. The highest BCUT2D eigenvalue weighted by Gasteiger charge is 2.40. The number of hydrogen-bond acceptors (Lipinski definition) is 5. The van der Waals surface area contributed by atoms with Gasteiger partial charge in [-0.25, -0.2) is 13.4 Å². The van der Waals surface area contributed by atoms with Gasteiger partial charge in [0.2, 0.25) is 5.91 Å². The summed E-state index contributed by atoms with van der Waals surface area (Å²) >= 11 is 0. The summed E-state index contributed by atoms with van der Waals surface area (Å²) in [6.45, 7) is 1.81. The molecule has 0 spiro atoms. The molecule has 1 aliphatic heterocycles. The summed E-state index contributed by atoms with van der Waals surface area (Å²) in [7, 11) is -1.64. The minimum Gasteiger partial charge on any atom is -0.383 e. The SMILES string of the molecule is Cc1nc(S(=O)(=O)C2CCC(C3=CNC4C3=CC(c3ccccc3)=CC4C(N)=O)CC2)cn1C. The molecule has 0 radical (unpaired) electrons. The zero-order valence-electron chi connectivity index (χ0n) is 19.4. The minimum absolute atomic E-state index is 0.169. The van der Waals surface area contributed by atoms with Gasteiger partial charge in [0.1, 0.15) is 5.82 Å². The summed E-state index contributed by atoms with van der Waals surface area (Å²) in [4.78, 5) is 16.5. The van der Waals surface area contributed by atoms with E-state index in [0.717, 1.165) is 29.6 Å². The van der Waals surface area contributed by atoms with Crippen LogP contribution in [0.5, 0.6) is 0 Å². The molecule has 3 N–H and O–H groups in total. The van der Waals surface area contributed by atoms with Crippen LogP contribution in [0.25, 0.3) is 5.57 Å². The van der Waals surface area contributed by atoms with Gasteiger partial charge in [0.05, 0.1) is 17.2 Å². The number of carbonyl (C=O) groups is 1. The fourth-order valence-corrected chi connectivity index (χ4v) is 7.23. The number of hydrogen-bond donors (Lipinski definition) is 2. The van der Waals surface area contributed by atoms with Gasteiger partial charge in [0.15, 0.2) is 14.9 Å². The summed E-state index contributed by atoms with van der Waals surface area (Å²) in [6, 6.07) is 9.82. The predicted octanol–water partition coefficient (Wildman–Crippen LogP) is 3.04. The van der Waals surface area contributed by atoms with Crippen molar-refractivity contribution in [2.75, 3.05) is 0 Å². The smallest absolute Gasteiger partial charge is 0.226 e. The first-order valence-corrected chi connectivity index (χ1v) is 13.3. The number of rotatable bonds is 5. The zero-order valence-corrected chi connectivity index (χ0v) is 20.3. The summed E-state index contributed by atoms with van der Waals surface area (Å²) in [5.74, 6) is 0.139. The lowest BCUT2D eigenvalue weighted by Gasteiger charge is -2.32. The van der Waals surface area contributed by atoms with E-state index in [0.29, 0.717) is 18.7 Å². The van der Waals surface area contributed by atoms with Crippen LogP contribution in [0.2, 0.25) is 0 Å². The zero-order chi connectivity index (χ0) is 24.0. The van der Waals surface area contributed by atoms with E-state index in [1.165, 1.54) is 5.57 Å². The summed E-state index contributed by atoms with van der Waals surface area (Å²) in [5.41, 5.74) is 10.1. The van der Waals surface area contributed by atoms with Crippen LogP contribution >= 0.6 is 0 Å². The van der Waals surface area contributed by atoms with E-state index in [2.05, 4.69) is 16.4 Å². The van der Waals surface area contributed by atoms with Gasteiger partial charge in [0, 0.05) is 19.4 Å². The maximum Gasteiger partial charge on any atom is 0.226 e. The first kappa shape index (κ1) is 22.7. The van der Waals surface area contributed by atoms with Gasteiger partial charge in [-0.15, -0.1) is 0 Å². The van der Waals surface area contributed by atoms with Crippen molar-refractivity contribution in [3.8, 4) is 0 Å². The van der Waals surface area contributed by atoms with Gasteiger partial charge in [-0.05, 0) is 66.9 Å². The van der Waals surface area contributed by atoms with E-state index in [4.69, 9.17) is 5.73 Å². The maximum atomic E-state index is 13.2. The van der Waals surface area contributed by atoms with E-state index in [9.17, 15) is 13.2 Å². The molecule has 1 fully saturated rings. The second-order valence-corrected chi connectivity index (χ2v) is 11.7. The standard InChI is InChI=1S/C26H30N4O3S/c1-16-29-24(15-30(16)2)34(32,33)20-10-8-18(9-11-20)23-14-28-25-21(23)12-19(13-22(25)26(27)31)17-6-4-3-5-7-17/h3-7,12-15,18,20,22,25,28H,8-11H2,1-2H3,(H2,27,31). The van der Waals surface area contributed by atoms with Gasteiger partial charge in [-0.2, -0.15) is 0 Å². The molecular weight excluding hydrogens is 448 g/mol. The monoisotopic (exact) mass is 478 g/mol. The number of carbonyl (C=O) groups excluding carboxylic acids is 1. The largest absolute Gasteiger partial charge is 0.383 e. The highest BCUT2D eigenvalue weighted by atomic mass is 32.2. The maximum absolute atomic E-state index is 13.2. The summed E-state index contributed by atoms with van der Waals surface area (Å²) in [6.07, 6.45) is 10.5. The van der Waals surface area contributed by atoms with Crippen molar-refractivity contribution in [1.82, 2.24) is 14.9 Å². The van der Waals surface area contributed by atoms with Gasteiger partial charge >= 0.3 is 0 Å². The van der Waals surface area contributed by atoms with E-state index in [1.54, 1.807) is 17.7 Å². The first-order chi connectivity index (χ1) is 16.3. The Morgan fingerprint density at radius 1 is 1.12 bits per heavy atom. The first-order valence-electron chi connectivity index (χ1n) is 11.7. The van der Waals surface area contributed by atoms with E-state index >= 15 is 0 Å². The third-order valence-electron chi connectivity index (χ3n) is 7.48. The Balaban J connectivity index is 1.36. The highest BCUT2D eigenvalue weighted by molar-refractivity contribution is 7.92. The third-order valence-corrected chi connectivity index (χ3v) is 9.61. The number of benzene rings is 1. The molecule has 1 amide bonds. The molecule has 0 bridgehead atoms. The highest BCUT2D eigenvalue weighted by Crippen LogP contribution is 2.43. The average Bonchev–Trinajstić information content (AvgIpc) is 3.42. The van der Waals surface area contributed by atoms with Crippen LogP contribution in [0.4, 0.5) is 0 Å². The topological polar surface area (TPSA) is 107 Å². The molecule has 7 nitrogen and oxygen atoms in total. The molecule has 1 saturated carbocycles. The molecule has 2 aromatic rings. The lowest BCUT2D eigenvalue weighted by molar-refractivity contribution is -0.120. The Bertz CT molecular complexity index is 1290. The Hall–Kier alpha value is -3.13. The van der Waals surface area contributed by atoms with Gasteiger partial charge in [0.25, 0.3) is 0 Å². The number of aryl methyl sites for hydroxylation is 2. The Labute approximate surface area is 200 Å². The molecule has 8 heteroatoms. The number of nitrogens with two attached hydrogens (primary N) is 1. The summed E-state index contributed by atoms with van der Waals surface area (Å²) in [5, 5.41) is 3.14. The molecule has 2 aliphatic carbocycles. The molecule has 2 unspecified atom stereocenters. The summed E-state index contributed by atoms with van der Waals surface area (Å²) < 4.78 is 28.1. The fraction of sp³-hybridized carbons (Fsp3) is 0.385. The molecule has 34 heavy (non-hydrogen) atoms. The number of primary amides is 1. The van der Waals surface area contributed by atoms with Crippen molar-refractivity contribution in [2.24, 2.45) is 24.6 Å². The van der Waals surface area contributed by atoms with Crippen LogP contribution in [0.1, 0.15) is 37.1 Å². The Morgan fingerprint density at radius 2 is 1.82 bits per heavy atom. The molecule has 178 valence electrons. The lowest BCUT2D eigenvalue weighted by atomic mass is 9.75. The van der Waals surface area contributed by atoms with Crippen molar-refractivity contribution in [3.63, 3.8) is 0 Å². The quantitative estimate of drug-likeness (QED) is 0.687. The fourth-order valence-electron chi connectivity index (χ4n) is 5.44. The van der Waals surface area contributed by atoms with E-state index in [1.807, 2.05) is 49.7 Å². The van der Waals surface area contributed by atoms with Crippen LogP contribution in [0.3, 0.4) is 0 Å². The van der Waals surface area contributed by atoms with Crippen molar-refractivity contribution in [2.45, 2.75) is 48.9 Å². The van der Waals surface area contributed by atoms with Crippen molar-refractivity contribution >= 4 is 21.3 Å². The van der Waals surface area contributed by atoms with Gasteiger partial charge < -0.3 is 15.6 Å². The second kappa shape index (κ2) is 8.58. The van der Waals surface area contributed by atoms with Crippen LogP contribution in [0, 0.1) is 18.8 Å². The number of allylic oxidation sites excluding steroid dienone is 2. The number of nitrogens with one attached hydrogen (secondary N) is 1. The van der Waals surface area contributed by atoms with Crippen LogP contribution < -0.4 is 11.1 Å². The Kier molecular flexibility index (Phi) is 5.72. The number of amides is 1. The van der Waals surface area contributed by atoms with E-state index < -0.39 is 21.0 Å². The third kappa shape index (κ3) is 3.90. The molecular formula is C26H30N4O3S. The Morgan fingerprint density at radius 3 is 2.44 bits per heavy atom. The molecule has 3 aliphatic rings. The normalized spacial score (nSPS) is 26.7. The number of nitrogens with zero attached hydrogens (tertiary/aromatic N) is 2. The number of aromatic nitrogens is 2. The van der Waals surface area contributed by atoms with Crippen molar-refractivity contribution in [1.29, 1.82) is 0 Å². The van der Waals surface area contributed by atoms with Crippen LogP contribution in [-0.2, 0) is 21.7 Å².